The van der Waals surface area contributed by atoms with Crippen LogP contribution in [0.1, 0.15) is 45.4 Å². The van der Waals surface area contributed by atoms with Gasteiger partial charge in [-0.25, -0.2) is 4.79 Å². The Hall–Kier alpha value is -0.980. The molecule has 0 aromatic heterocycles. The lowest BCUT2D eigenvalue weighted by atomic mass is 9.85. The molecule has 3 atom stereocenters. The molecular weight excluding hydrogens is 297 g/mol. The highest BCUT2D eigenvalue weighted by molar-refractivity contribution is 5.74. The molecule has 1 heterocycles. The molecule has 1 aliphatic heterocycles. The van der Waals surface area contributed by atoms with Crippen LogP contribution in [-0.4, -0.2) is 48.9 Å². The van der Waals surface area contributed by atoms with Crippen molar-refractivity contribution >= 4 is 6.03 Å². The van der Waals surface area contributed by atoms with E-state index in [2.05, 4.69) is 5.32 Å². The van der Waals surface area contributed by atoms with Gasteiger partial charge in [-0.05, 0) is 39.0 Å². The molecule has 1 saturated carbocycles. The molecular formula is C15H25F3N2O2. The maximum atomic E-state index is 12.8. The van der Waals surface area contributed by atoms with Crippen molar-refractivity contribution in [1.82, 2.24) is 10.2 Å². The van der Waals surface area contributed by atoms with Gasteiger partial charge in [0.1, 0.15) is 0 Å². The predicted octanol–water partition coefficient (Wildman–Crippen LogP) is 3.32. The van der Waals surface area contributed by atoms with Crippen molar-refractivity contribution in [1.29, 1.82) is 0 Å². The molecule has 7 heteroatoms. The van der Waals surface area contributed by atoms with Crippen LogP contribution in [0.4, 0.5) is 18.0 Å². The molecule has 1 aliphatic carbocycles. The highest BCUT2D eigenvalue weighted by Gasteiger charge is 2.42. The summed E-state index contributed by atoms with van der Waals surface area (Å²) in [6.07, 6.45) is -0.882. The Morgan fingerprint density at radius 3 is 2.64 bits per heavy atom. The SMILES string of the molecule is CCN(CC1CCCO1)C(=O)NC1CCCC(C(F)(F)F)C1. The van der Waals surface area contributed by atoms with Gasteiger partial charge in [0.05, 0.1) is 12.0 Å². The van der Waals surface area contributed by atoms with Crippen LogP contribution in [0.15, 0.2) is 0 Å². The number of nitrogens with zero attached hydrogens (tertiary/aromatic N) is 1. The number of amides is 2. The van der Waals surface area contributed by atoms with Gasteiger partial charge in [-0.2, -0.15) is 13.2 Å². The van der Waals surface area contributed by atoms with Crippen molar-refractivity contribution in [2.75, 3.05) is 19.7 Å². The van der Waals surface area contributed by atoms with Gasteiger partial charge < -0.3 is 15.0 Å². The summed E-state index contributed by atoms with van der Waals surface area (Å²) in [5.41, 5.74) is 0. The zero-order valence-electron chi connectivity index (χ0n) is 13.0. The first-order valence-corrected chi connectivity index (χ1v) is 8.14. The van der Waals surface area contributed by atoms with E-state index in [-0.39, 0.29) is 31.0 Å². The minimum atomic E-state index is -4.16. The summed E-state index contributed by atoms with van der Waals surface area (Å²) in [7, 11) is 0. The Morgan fingerprint density at radius 2 is 2.05 bits per heavy atom. The summed E-state index contributed by atoms with van der Waals surface area (Å²) in [5.74, 6) is -1.29. The van der Waals surface area contributed by atoms with Gasteiger partial charge in [-0.15, -0.1) is 0 Å². The summed E-state index contributed by atoms with van der Waals surface area (Å²) in [6.45, 7) is 3.63. The molecule has 2 fully saturated rings. The van der Waals surface area contributed by atoms with Crippen molar-refractivity contribution in [3.05, 3.63) is 0 Å². The van der Waals surface area contributed by atoms with Crippen LogP contribution in [0.3, 0.4) is 0 Å². The van der Waals surface area contributed by atoms with Crippen LogP contribution < -0.4 is 5.32 Å². The van der Waals surface area contributed by atoms with Crippen molar-refractivity contribution in [3.8, 4) is 0 Å². The molecule has 0 spiro atoms. The van der Waals surface area contributed by atoms with Gasteiger partial charge in [-0.1, -0.05) is 6.42 Å². The second-order valence-electron chi connectivity index (χ2n) is 6.23. The standard InChI is InChI=1S/C15H25F3N2O2/c1-2-20(10-13-7-4-8-22-13)14(21)19-12-6-3-5-11(9-12)15(16,17)18/h11-13H,2-10H2,1H3,(H,19,21). The molecule has 2 rings (SSSR count). The van der Waals surface area contributed by atoms with Crippen molar-refractivity contribution in [3.63, 3.8) is 0 Å². The Bertz CT molecular complexity index is 370. The van der Waals surface area contributed by atoms with E-state index in [1.807, 2.05) is 6.92 Å². The monoisotopic (exact) mass is 322 g/mol. The maximum absolute atomic E-state index is 12.8. The Balaban J connectivity index is 1.83. The third kappa shape index (κ3) is 4.76. The zero-order chi connectivity index (χ0) is 16.2. The van der Waals surface area contributed by atoms with Crippen LogP contribution in [0.2, 0.25) is 0 Å². The lowest BCUT2D eigenvalue weighted by Gasteiger charge is -2.33. The third-order valence-electron chi connectivity index (χ3n) is 4.58. The highest BCUT2D eigenvalue weighted by Crippen LogP contribution is 2.37. The van der Waals surface area contributed by atoms with Crippen molar-refractivity contribution in [2.24, 2.45) is 5.92 Å². The third-order valence-corrected chi connectivity index (χ3v) is 4.58. The number of alkyl halides is 3. The van der Waals surface area contributed by atoms with E-state index in [0.29, 0.717) is 25.9 Å². The fourth-order valence-electron chi connectivity index (χ4n) is 3.27. The average molecular weight is 322 g/mol. The molecule has 1 N–H and O–H groups in total. The van der Waals surface area contributed by atoms with Gasteiger partial charge >= 0.3 is 12.2 Å². The quantitative estimate of drug-likeness (QED) is 0.863. The number of rotatable bonds is 4. The topological polar surface area (TPSA) is 41.6 Å². The van der Waals surface area contributed by atoms with Gasteiger partial charge in [0, 0.05) is 25.7 Å². The van der Waals surface area contributed by atoms with Crippen LogP contribution in [-0.2, 0) is 4.74 Å². The van der Waals surface area contributed by atoms with Crippen LogP contribution in [0.25, 0.3) is 0 Å². The number of nitrogens with one attached hydrogen (secondary N) is 1. The van der Waals surface area contributed by atoms with E-state index in [9.17, 15) is 18.0 Å². The number of carbonyl (C=O) groups excluding carboxylic acids is 1. The Labute approximate surface area is 129 Å². The van der Waals surface area contributed by atoms with E-state index < -0.39 is 12.1 Å². The summed E-state index contributed by atoms with van der Waals surface area (Å²) < 4.78 is 43.9. The van der Waals surface area contributed by atoms with E-state index >= 15 is 0 Å². The number of ether oxygens (including phenoxy) is 1. The van der Waals surface area contributed by atoms with E-state index in [1.54, 1.807) is 4.90 Å². The molecule has 2 amide bonds. The first-order chi connectivity index (χ1) is 10.4. The highest BCUT2D eigenvalue weighted by atomic mass is 19.4. The molecule has 0 bridgehead atoms. The molecule has 1 saturated heterocycles. The number of halogens is 3. The Morgan fingerprint density at radius 1 is 1.27 bits per heavy atom. The molecule has 128 valence electrons. The number of hydrogen-bond acceptors (Lipinski definition) is 2. The summed E-state index contributed by atoms with van der Waals surface area (Å²) in [6, 6.07) is -0.655. The zero-order valence-corrected chi connectivity index (χ0v) is 13.0. The minimum absolute atomic E-state index is 0.00722. The van der Waals surface area contributed by atoms with Crippen molar-refractivity contribution < 1.29 is 22.7 Å². The summed E-state index contributed by atoms with van der Waals surface area (Å²) in [4.78, 5) is 13.9. The van der Waals surface area contributed by atoms with E-state index in [0.717, 1.165) is 19.4 Å². The van der Waals surface area contributed by atoms with Gasteiger partial charge in [-0.3, -0.25) is 0 Å². The first kappa shape index (κ1) is 17.4. The largest absolute Gasteiger partial charge is 0.391 e. The number of likely N-dealkylation sites (N-methyl/N-ethyl adjacent to an activating group) is 1. The second-order valence-corrected chi connectivity index (χ2v) is 6.23. The second kappa shape index (κ2) is 7.53. The lowest BCUT2D eigenvalue weighted by molar-refractivity contribution is -0.183. The number of hydrogen-bond donors (Lipinski definition) is 1. The van der Waals surface area contributed by atoms with Gasteiger partial charge in [0.15, 0.2) is 0 Å². The molecule has 3 unspecified atom stereocenters. The van der Waals surface area contributed by atoms with E-state index in [4.69, 9.17) is 4.74 Å². The molecule has 4 nitrogen and oxygen atoms in total. The summed E-state index contributed by atoms with van der Waals surface area (Å²) in [5, 5.41) is 2.78. The molecule has 0 radical (unpaired) electrons. The van der Waals surface area contributed by atoms with Crippen LogP contribution in [0.5, 0.6) is 0 Å². The molecule has 2 aliphatic rings. The normalized spacial score (nSPS) is 29.4. The number of urea groups is 1. The molecule has 0 aromatic rings. The lowest BCUT2D eigenvalue weighted by Crippen LogP contribution is -2.49. The predicted molar refractivity (Wildman–Crippen MR) is 76.6 cm³/mol. The Kier molecular flexibility index (Phi) is 5.94. The minimum Gasteiger partial charge on any atom is -0.376 e. The van der Waals surface area contributed by atoms with Crippen molar-refractivity contribution in [2.45, 2.75) is 63.8 Å². The molecule has 22 heavy (non-hydrogen) atoms. The fourth-order valence-corrected chi connectivity index (χ4v) is 3.27. The number of carbonyl (C=O) groups is 1. The maximum Gasteiger partial charge on any atom is 0.391 e. The summed E-state index contributed by atoms with van der Waals surface area (Å²) >= 11 is 0. The van der Waals surface area contributed by atoms with Crippen LogP contribution in [0, 0.1) is 5.92 Å². The molecule has 0 aromatic carbocycles. The van der Waals surface area contributed by atoms with Gasteiger partial charge in [0.25, 0.3) is 0 Å². The smallest absolute Gasteiger partial charge is 0.376 e. The van der Waals surface area contributed by atoms with Gasteiger partial charge in [0.2, 0.25) is 0 Å². The van der Waals surface area contributed by atoms with Crippen LogP contribution >= 0.6 is 0 Å². The first-order valence-electron chi connectivity index (χ1n) is 8.14. The fraction of sp³-hybridized carbons (Fsp3) is 0.933. The van der Waals surface area contributed by atoms with E-state index in [1.165, 1.54) is 0 Å². The average Bonchev–Trinajstić information content (AvgIpc) is 2.97.